The minimum atomic E-state index is -3.59. The monoisotopic (exact) mass is 326 g/mol. The largest absolute Gasteiger partial charge is 0.497 e. The van der Waals surface area contributed by atoms with E-state index < -0.39 is 20.7 Å². The summed E-state index contributed by atoms with van der Waals surface area (Å²) in [5, 5.41) is 2.69. The maximum atomic E-state index is 12.6. The van der Waals surface area contributed by atoms with Crippen LogP contribution < -0.4 is 14.8 Å². The molecule has 22 heavy (non-hydrogen) atoms. The van der Waals surface area contributed by atoms with Crippen LogP contribution >= 0.6 is 0 Å². The lowest BCUT2D eigenvalue weighted by Gasteiger charge is -2.18. The van der Waals surface area contributed by atoms with Crippen LogP contribution in [-0.4, -0.2) is 51.2 Å². The van der Waals surface area contributed by atoms with Crippen molar-refractivity contribution in [2.24, 2.45) is 5.92 Å². The van der Waals surface area contributed by atoms with Crippen LogP contribution in [0.4, 0.5) is 5.69 Å². The number of nitrogens with one attached hydrogen (secondary N) is 1. The number of benzene rings is 1. The van der Waals surface area contributed by atoms with Crippen molar-refractivity contribution in [1.29, 1.82) is 0 Å². The van der Waals surface area contributed by atoms with Gasteiger partial charge in [0.2, 0.25) is 15.9 Å². The molecule has 1 aromatic carbocycles. The van der Waals surface area contributed by atoms with E-state index in [9.17, 15) is 13.2 Å². The Hall–Kier alpha value is -1.80. The predicted molar refractivity (Wildman–Crippen MR) is 80.6 cm³/mol. The number of anilines is 1. The normalized spacial score (nSPS) is 28.8. The van der Waals surface area contributed by atoms with Crippen LogP contribution in [0.2, 0.25) is 0 Å². The highest BCUT2D eigenvalue weighted by Crippen LogP contribution is 2.57. The van der Waals surface area contributed by atoms with E-state index in [0.717, 1.165) is 0 Å². The number of hydrogen-bond acceptors (Lipinski definition) is 5. The van der Waals surface area contributed by atoms with E-state index in [1.165, 1.54) is 25.6 Å². The smallest absolute Gasteiger partial charge is 0.247 e. The van der Waals surface area contributed by atoms with Gasteiger partial charge in [0.15, 0.2) is 4.75 Å². The van der Waals surface area contributed by atoms with Crippen molar-refractivity contribution in [2.75, 3.05) is 33.1 Å². The highest BCUT2D eigenvalue weighted by Gasteiger charge is 2.74. The average Bonchev–Trinajstić information content (AvgIpc) is 3.18. The summed E-state index contributed by atoms with van der Waals surface area (Å²) in [6.45, 7) is 0.398. The second kappa shape index (κ2) is 4.85. The number of methoxy groups -OCH3 is 2. The summed E-state index contributed by atoms with van der Waals surface area (Å²) in [7, 11) is 0.922. The van der Waals surface area contributed by atoms with Gasteiger partial charge in [-0.05, 0) is 18.6 Å². The van der Waals surface area contributed by atoms with Crippen LogP contribution in [0, 0.1) is 5.92 Å². The molecule has 0 spiro atoms. The molecule has 1 aromatic rings. The molecule has 1 heterocycles. The molecule has 1 saturated carbocycles. The SMILES string of the molecule is COc1ccc(NC(=O)[C@]23C[C@@H]2CN(C)S3(=O)=O)c(OC)c1. The van der Waals surface area contributed by atoms with E-state index in [4.69, 9.17) is 9.47 Å². The summed E-state index contributed by atoms with van der Waals surface area (Å²) >= 11 is 0. The van der Waals surface area contributed by atoms with Crippen molar-refractivity contribution in [3.8, 4) is 11.5 Å². The van der Waals surface area contributed by atoms with Crippen LogP contribution in [0.15, 0.2) is 18.2 Å². The van der Waals surface area contributed by atoms with Crippen LogP contribution in [0.25, 0.3) is 0 Å². The number of hydrogen-bond donors (Lipinski definition) is 1. The number of fused-ring (bicyclic) bond motifs is 1. The summed E-state index contributed by atoms with van der Waals surface area (Å²) in [6, 6.07) is 4.94. The molecular formula is C14H18N2O5S. The van der Waals surface area contributed by atoms with Gasteiger partial charge in [0.05, 0.1) is 19.9 Å². The number of rotatable bonds is 4. The fourth-order valence-electron chi connectivity index (χ4n) is 3.05. The molecule has 2 atom stereocenters. The van der Waals surface area contributed by atoms with Crippen molar-refractivity contribution in [3.63, 3.8) is 0 Å². The van der Waals surface area contributed by atoms with Crippen molar-refractivity contribution >= 4 is 21.6 Å². The third-order valence-corrected chi connectivity index (χ3v) is 7.01. The Balaban J connectivity index is 1.88. The molecule has 0 unspecified atom stereocenters. The molecule has 8 heteroatoms. The minimum absolute atomic E-state index is 0.133. The zero-order valence-electron chi connectivity index (χ0n) is 12.6. The summed E-state index contributed by atoms with van der Waals surface area (Å²) in [6.07, 6.45) is 0.379. The van der Waals surface area contributed by atoms with Gasteiger partial charge in [0.1, 0.15) is 11.5 Å². The van der Waals surface area contributed by atoms with Crippen molar-refractivity contribution in [2.45, 2.75) is 11.2 Å². The van der Waals surface area contributed by atoms with Crippen LogP contribution in [0.1, 0.15) is 6.42 Å². The van der Waals surface area contributed by atoms with E-state index in [2.05, 4.69) is 5.32 Å². The van der Waals surface area contributed by atoms with Crippen molar-refractivity contribution in [1.82, 2.24) is 4.31 Å². The van der Waals surface area contributed by atoms with E-state index in [-0.39, 0.29) is 5.92 Å². The highest BCUT2D eigenvalue weighted by atomic mass is 32.2. The van der Waals surface area contributed by atoms with Crippen molar-refractivity contribution in [3.05, 3.63) is 18.2 Å². The molecule has 2 fully saturated rings. The number of amides is 1. The zero-order valence-corrected chi connectivity index (χ0v) is 13.4. The molecule has 1 aliphatic carbocycles. The van der Waals surface area contributed by atoms with Gasteiger partial charge in [-0.25, -0.2) is 12.7 Å². The molecule has 1 amide bonds. The molecular weight excluding hydrogens is 308 g/mol. The Labute approximate surface area is 129 Å². The molecule has 0 aromatic heterocycles. The van der Waals surface area contributed by atoms with Crippen LogP contribution in [0.3, 0.4) is 0 Å². The maximum absolute atomic E-state index is 12.6. The summed E-state index contributed by atoms with van der Waals surface area (Å²) in [5.74, 6) is 0.382. The standard InChI is InChI=1S/C14H18N2O5S/c1-16-8-9-7-14(9,22(16,18)19)13(17)15-11-5-4-10(20-2)6-12(11)21-3/h4-6,9H,7-8H2,1-3H3,(H,15,17)/t9-,14+/m1/s1. The molecule has 0 radical (unpaired) electrons. The molecule has 1 aliphatic heterocycles. The first-order chi connectivity index (χ1) is 10.4. The van der Waals surface area contributed by atoms with Gasteiger partial charge < -0.3 is 14.8 Å². The number of carbonyl (C=O) groups excluding carboxylic acids is 1. The first-order valence-electron chi connectivity index (χ1n) is 6.86. The second-order valence-corrected chi connectivity index (χ2v) is 7.90. The van der Waals surface area contributed by atoms with Gasteiger partial charge in [-0.3, -0.25) is 4.79 Å². The van der Waals surface area contributed by atoms with Gasteiger partial charge in [0.25, 0.3) is 0 Å². The molecule has 0 bridgehead atoms. The Morgan fingerprint density at radius 1 is 1.36 bits per heavy atom. The van der Waals surface area contributed by atoms with E-state index in [0.29, 0.717) is 30.2 Å². The van der Waals surface area contributed by atoms with Crippen LogP contribution in [0.5, 0.6) is 11.5 Å². The van der Waals surface area contributed by atoms with Crippen molar-refractivity contribution < 1.29 is 22.7 Å². The molecule has 7 nitrogen and oxygen atoms in total. The Bertz CT molecular complexity index is 733. The quantitative estimate of drug-likeness (QED) is 0.879. The molecule has 3 rings (SSSR count). The topological polar surface area (TPSA) is 84.9 Å². The van der Waals surface area contributed by atoms with Crippen LogP contribution in [-0.2, 0) is 14.8 Å². The third kappa shape index (κ3) is 1.90. The summed E-state index contributed by atoms with van der Waals surface area (Å²) in [4.78, 5) is 12.6. The first-order valence-corrected chi connectivity index (χ1v) is 8.30. The van der Waals surface area contributed by atoms with E-state index in [1.807, 2.05) is 0 Å². The zero-order chi connectivity index (χ0) is 16.1. The highest BCUT2D eigenvalue weighted by molar-refractivity contribution is 7.92. The Morgan fingerprint density at radius 2 is 2.09 bits per heavy atom. The molecule has 120 valence electrons. The maximum Gasteiger partial charge on any atom is 0.247 e. The minimum Gasteiger partial charge on any atom is -0.497 e. The Kier molecular flexibility index (Phi) is 3.33. The molecule has 2 aliphatic rings. The summed E-state index contributed by atoms with van der Waals surface area (Å²) < 4.78 is 35.0. The fraction of sp³-hybridized carbons (Fsp3) is 0.500. The molecule has 1 N–H and O–H groups in total. The number of nitrogens with zero attached hydrogens (tertiary/aromatic N) is 1. The van der Waals surface area contributed by atoms with Gasteiger partial charge >= 0.3 is 0 Å². The lowest BCUT2D eigenvalue weighted by Crippen LogP contribution is -2.40. The van der Waals surface area contributed by atoms with Gasteiger partial charge in [0, 0.05) is 25.6 Å². The van der Waals surface area contributed by atoms with E-state index in [1.54, 1.807) is 18.2 Å². The number of carbonyl (C=O) groups is 1. The third-order valence-electron chi connectivity index (χ3n) is 4.44. The lowest BCUT2D eigenvalue weighted by molar-refractivity contribution is -0.116. The lowest BCUT2D eigenvalue weighted by atomic mass is 10.2. The van der Waals surface area contributed by atoms with Gasteiger partial charge in [-0.1, -0.05) is 0 Å². The predicted octanol–water partition coefficient (Wildman–Crippen LogP) is 0.676. The first kappa shape index (κ1) is 15.1. The number of sulfonamides is 1. The fourth-order valence-corrected chi connectivity index (χ4v) is 5.17. The Morgan fingerprint density at radius 3 is 2.64 bits per heavy atom. The average molecular weight is 326 g/mol. The summed E-state index contributed by atoms with van der Waals surface area (Å²) in [5.41, 5.74) is 0.429. The second-order valence-electron chi connectivity index (χ2n) is 5.60. The molecule has 1 saturated heterocycles. The van der Waals surface area contributed by atoms with Gasteiger partial charge in [-0.2, -0.15) is 0 Å². The van der Waals surface area contributed by atoms with Gasteiger partial charge in [-0.15, -0.1) is 0 Å². The van der Waals surface area contributed by atoms with E-state index >= 15 is 0 Å². The number of ether oxygens (including phenoxy) is 2.